The Kier molecular flexibility index (Phi) is 4.74. The van der Waals surface area contributed by atoms with Gasteiger partial charge < -0.3 is 9.64 Å². The zero-order valence-corrected chi connectivity index (χ0v) is 15.0. The fourth-order valence-corrected chi connectivity index (χ4v) is 3.03. The molecule has 2 aromatic rings. The van der Waals surface area contributed by atoms with Crippen molar-refractivity contribution in [1.29, 1.82) is 0 Å². The summed E-state index contributed by atoms with van der Waals surface area (Å²) in [6.07, 6.45) is 4.30. The van der Waals surface area contributed by atoms with E-state index in [2.05, 4.69) is 15.4 Å². The number of hydrogen-bond donors (Lipinski definition) is 1. The summed E-state index contributed by atoms with van der Waals surface area (Å²) in [5, 5.41) is 7.16. The maximum absolute atomic E-state index is 12.3. The van der Waals surface area contributed by atoms with Crippen molar-refractivity contribution >= 4 is 17.6 Å². The van der Waals surface area contributed by atoms with Crippen molar-refractivity contribution in [3.05, 3.63) is 30.1 Å². The molecule has 0 aliphatic carbocycles. The van der Waals surface area contributed by atoms with Crippen molar-refractivity contribution < 1.29 is 9.53 Å². The molecule has 3 rings (SSSR count). The molecule has 0 fully saturated rings. The average Bonchev–Trinajstić information content (AvgIpc) is 3.21. The van der Waals surface area contributed by atoms with Crippen molar-refractivity contribution in [3.63, 3.8) is 0 Å². The van der Waals surface area contributed by atoms with Crippen LogP contribution >= 0.6 is 0 Å². The Hall–Kier alpha value is -2.83. The van der Waals surface area contributed by atoms with Gasteiger partial charge in [-0.25, -0.2) is 9.79 Å². The number of methoxy groups -OCH3 is 1. The van der Waals surface area contributed by atoms with E-state index in [1.54, 1.807) is 16.7 Å². The van der Waals surface area contributed by atoms with Crippen LogP contribution in [-0.4, -0.2) is 46.7 Å². The van der Waals surface area contributed by atoms with Gasteiger partial charge in [0.2, 0.25) is 0 Å². The Balaban J connectivity index is 1.94. The van der Waals surface area contributed by atoms with E-state index in [9.17, 15) is 4.79 Å². The molecule has 0 radical (unpaired) electrons. The molecule has 1 aromatic carbocycles. The number of hydrogen-bond acceptors (Lipinski definition) is 4. The third kappa shape index (κ3) is 3.22. The van der Waals surface area contributed by atoms with Gasteiger partial charge in [0.15, 0.2) is 0 Å². The molecule has 1 aliphatic rings. The number of nitrogens with zero attached hydrogens (tertiary/aromatic N) is 4. The molecule has 0 spiro atoms. The fourth-order valence-electron chi connectivity index (χ4n) is 3.03. The normalized spacial score (nSPS) is 12.6. The lowest BCUT2D eigenvalue weighted by Gasteiger charge is -2.18. The van der Waals surface area contributed by atoms with Gasteiger partial charge in [0.25, 0.3) is 0 Å². The number of carbonyl (C=O) groups is 1. The SMILES string of the molecule is CCN(CC)C(=O)NC1=Nc2c(-c3cnn(C)c3)ccc(OC)c2C1. The summed E-state index contributed by atoms with van der Waals surface area (Å²) in [6.45, 7) is 5.23. The molecular weight excluding hydrogens is 318 g/mol. The van der Waals surface area contributed by atoms with Crippen LogP contribution in [0.15, 0.2) is 29.5 Å². The quantitative estimate of drug-likeness (QED) is 0.929. The predicted molar refractivity (Wildman–Crippen MR) is 97.4 cm³/mol. The van der Waals surface area contributed by atoms with Gasteiger partial charge in [-0.15, -0.1) is 0 Å². The number of ether oxygens (including phenoxy) is 1. The molecule has 1 aliphatic heterocycles. The number of amides is 2. The van der Waals surface area contributed by atoms with Crippen molar-refractivity contribution in [1.82, 2.24) is 20.0 Å². The third-order valence-electron chi connectivity index (χ3n) is 4.37. The van der Waals surface area contributed by atoms with Crippen LogP contribution in [0.1, 0.15) is 19.4 Å². The molecular formula is C18H23N5O2. The summed E-state index contributed by atoms with van der Waals surface area (Å²) in [4.78, 5) is 18.7. The lowest BCUT2D eigenvalue weighted by Crippen LogP contribution is -2.42. The second kappa shape index (κ2) is 6.96. The molecule has 0 atom stereocenters. The summed E-state index contributed by atoms with van der Waals surface area (Å²) in [5.41, 5.74) is 3.79. The topological polar surface area (TPSA) is 71.8 Å². The molecule has 7 nitrogen and oxygen atoms in total. The third-order valence-corrected chi connectivity index (χ3v) is 4.37. The molecule has 1 N–H and O–H groups in total. The van der Waals surface area contributed by atoms with Crippen LogP contribution in [0.5, 0.6) is 5.75 Å². The molecule has 0 bridgehead atoms. The molecule has 2 heterocycles. The molecule has 0 unspecified atom stereocenters. The Morgan fingerprint density at radius 1 is 1.36 bits per heavy atom. The number of benzene rings is 1. The minimum absolute atomic E-state index is 0.126. The number of nitrogens with one attached hydrogen (secondary N) is 1. The van der Waals surface area contributed by atoms with Crippen molar-refractivity contribution in [3.8, 4) is 16.9 Å². The van der Waals surface area contributed by atoms with Crippen LogP contribution in [0.2, 0.25) is 0 Å². The summed E-state index contributed by atoms with van der Waals surface area (Å²) in [6, 6.07) is 3.79. The maximum Gasteiger partial charge on any atom is 0.322 e. The fraction of sp³-hybridized carbons (Fsp3) is 0.389. The van der Waals surface area contributed by atoms with E-state index in [0.717, 1.165) is 28.1 Å². The average molecular weight is 341 g/mol. The molecule has 2 amide bonds. The highest BCUT2D eigenvalue weighted by Crippen LogP contribution is 2.41. The first kappa shape index (κ1) is 17.0. The molecule has 0 saturated heterocycles. The van der Waals surface area contributed by atoms with Crippen LogP contribution in [0, 0.1) is 0 Å². The molecule has 7 heteroatoms. The summed E-state index contributed by atoms with van der Waals surface area (Å²) >= 11 is 0. The van der Waals surface area contributed by atoms with Crippen LogP contribution in [0.25, 0.3) is 11.1 Å². The number of rotatable bonds is 4. The van der Waals surface area contributed by atoms with Crippen LogP contribution < -0.4 is 10.1 Å². The Labute approximate surface area is 147 Å². The number of amidine groups is 1. The lowest BCUT2D eigenvalue weighted by molar-refractivity contribution is 0.208. The van der Waals surface area contributed by atoms with Crippen molar-refractivity contribution in [2.45, 2.75) is 20.3 Å². The van der Waals surface area contributed by atoms with Crippen LogP contribution in [0.3, 0.4) is 0 Å². The molecule has 1 aromatic heterocycles. The largest absolute Gasteiger partial charge is 0.496 e. The van der Waals surface area contributed by atoms with Gasteiger partial charge in [-0.3, -0.25) is 10.00 Å². The second-order valence-electron chi connectivity index (χ2n) is 5.88. The van der Waals surface area contributed by atoms with E-state index in [0.29, 0.717) is 25.3 Å². The van der Waals surface area contributed by atoms with E-state index >= 15 is 0 Å². The first-order valence-corrected chi connectivity index (χ1v) is 8.39. The van der Waals surface area contributed by atoms with Gasteiger partial charge in [0, 0.05) is 49.4 Å². The van der Waals surface area contributed by atoms with Gasteiger partial charge in [-0.2, -0.15) is 5.10 Å². The minimum Gasteiger partial charge on any atom is -0.496 e. The van der Waals surface area contributed by atoms with Gasteiger partial charge in [0.05, 0.1) is 19.0 Å². The lowest BCUT2D eigenvalue weighted by atomic mass is 10.0. The van der Waals surface area contributed by atoms with Crippen LogP contribution in [-0.2, 0) is 13.5 Å². The van der Waals surface area contributed by atoms with E-state index in [1.807, 2.05) is 45.4 Å². The van der Waals surface area contributed by atoms with E-state index < -0.39 is 0 Å². The maximum atomic E-state index is 12.3. The number of carbonyl (C=O) groups excluding carboxylic acids is 1. The van der Waals surface area contributed by atoms with Gasteiger partial charge in [-0.1, -0.05) is 0 Å². The number of fused-ring (bicyclic) bond motifs is 1. The summed E-state index contributed by atoms with van der Waals surface area (Å²) < 4.78 is 7.24. The first-order chi connectivity index (χ1) is 12.1. The highest BCUT2D eigenvalue weighted by atomic mass is 16.5. The summed E-state index contributed by atoms with van der Waals surface area (Å²) in [5.74, 6) is 1.42. The number of aliphatic imine (C=N–C) groups is 1. The highest BCUT2D eigenvalue weighted by Gasteiger charge is 2.25. The smallest absolute Gasteiger partial charge is 0.322 e. The van der Waals surface area contributed by atoms with Gasteiger partial charge in [-0.05, 0) is 26.0 Å². The number of urea groups is 1. The Morgan fingerprint density at radius 3 is 2.72 bits per heavy atom. The monoisotopic (exact) mass is 341 g/mol. The Morgan fingerprint density at radius 2 is 2.12 bits per heavy atom. The van der Waals surface area contributed by atoms with Crippen molar-refractivity contribution in [2.24, 2.45) is 12.0 Å². The van der Waals surface area contributed by atoms with Crippen molar-refractivity contribution in [2.75, 3.05) is 20.2 Å². The minimum atomic E-state index is -0.126. The standard InChI is InChI=1S/C18H23N5O2/c1-5-23(6-2)18(24)21-16-9-14-15(25-4)8-7-13(17(14)20-16)12-10-19-22(3)11-12/h7-8,10-11H,5-6,9H2,1-4H3,(H,20,21,24). The highest BCUT2D eigenvalue weighted by molar-refractivity contribution is 6.04. The molecule has 0 saturated carbocycles. The zero-order chi connectivity index (χ0) is 18.0. The number of aryl methyl sites for hydroxylation is 1. The van der Waals surface area contributed by atoms with Gasteiger partial charge in [0.1, 0.15) is 11.6 Å². The Bertz CT molecular complexity index is 821. The van der Waals surface area contributed by atoms with Gasteiger partial charge >= 0.3 is 6.03 Å². The van der Waals surface area contributed by atoms with E-state index in [1.165, 1.54) is 0 Å². The van der Waals surface area contributed by atoms with E-state index in [4.69, 9.17) is 4.74 Å². The van der Waals surface area contributed by atoms with E-state index in [-0.39, 0.29) is 6.03 Å². The molecule has 25 heavy (non-hydrogen) atoms. The first-order valence-electron chi connectivity index (χ1n) is 8.39. The summed E-state index contributed by atoms with van der Waals surface area (Å²) in [7, 11) is 3.53. The van der Waals surface area contributed by atoms with Crippen LogP contribution in [0.4, 0.5) is 10.5 Å². The second-order valence-corrected chi connectivity index (χ2v) is 5.88. The predicted octanol–water partition coefficient (Wildman–Crippen LogP) is 2.73. The molecule has 132 valence electrons. The number of aromatic nitrogens is 2. The zero-order valence-electron chi connectivity index (χ0n) is 15.0.